The summed E-state index contributed by atoms with van der Waals surface area (Å²) in [6.45, 7) is 2.03. The number of rotatable bonds is 1. The van der Waals surface area contributed by atoms with E-state index in [9.17, 15) is 0 Å². The lowest BCUT2D eigenvalue weighted by atomic mass is 10.3. The molecule has 0 saturated heterocycles. The highest BCUT2D eigenvalue weighted by Crippen LogP contribution is 2.29. The summed E-state index contributed by atoms with van der Waals surface area (Å²) >= 11 is 7.65. The first-order valence-electron chi connectivity index (χ1n) is 4.67. The second-order valence-corrected chi connectivity index (χ2v) is 4.66. The Labute approximate surface area is 100 Å². The first-order chi connectivity index (χ1) is 7.75. The van der Waals surface area contributed by atoms with Gasteiger partial charge in [-0.15, -0.1) is 11.3 Å². The number of H-pyrrole nitrogens is 1. The molecule has 3 heterocycles. The van der Waals surface area contributed by atoms with Crippen molar-refractivity contribution in [2.45, 2.75) is 6.92 Å². The number of hydrogen-bond donors (Lipinski definition) is 1. The molecule has 3 aromatic rings. The molecule has 0 bridgehead atoms. The highest BCUT2D eigenvalue weighted by atomic mass is 35.5. The molecule has 0 spiro atoms. The van der Waals surface area contributed by atoms with Crippen LogP contribution >= 0.6 is 22.9 Å². The molecule has 0 fully saturated rings. The third kappa shape index (κ3) is 1.40. The summed E-state index contributed by atoms with van der Waals surface area (Å²) < 4.78 is 0. The minimum absolute atomic E-state index is 0.383. The molecule has 3 aromatic heterocycles. The number of hydrogen-bond acceptors (Lipinski definition) is 4. The number of nitrogens with zero attached hydrogens (tertiary/aromatic N) is 3. The maximum atomic E-state index is 6.04. The number of aromatic amines is 1. The number of nitrogens with one attached hydrogen (secondary N) is 1. The maximum absolute atomic E-state index is 6.04. The van der Waals surface area contributed by atoms with Gasteiger partial charge in [-0.2, -0.15) is 5.10 Å². The van der Waals surface area contributed by atoms with Gasteiger partial charge in [0.05, 0.1) is 4.88 Å². The number of halogens is 1. The molecule has 4 nitrogen and oxygen atoms in total. The molecule has 0 saturated carbocycles. The number of aromatic nitrogens is 4. The van der Waals surface area contributed by atoms with Crippen LogP contribution in [0, 0.1) is 6.92 Å². The molecule has 0 aliphatic carbocycles. The average Bonchev–Trinajstić information content (AvgIpc) is 2.85. The van der Waals surface area contributed by atoms with E-state index in [0.717, 1.165) is 16.0 Å². The van der Waals surface area contributed by atoms with Crippen LogP contribution in [0.25, 0.3) is 21.7 Å². The Hall–Kier alpha value is -1.46. The number of aryl methyl sites for hydroxylation is 1. The molecule has 6 heteroatoms. The van der Waals surface area contributed by atoms with E-state index in [-0.39, 0.29) is 0 Å². The van der Waals surface area contributed by atoms with Crippen molar-refractivity contribution in [3.63, 3.8) is 0 Å². The molecule has 0 unspecified atom stereocenters. The van der Waals surface area contributed by atoms with Crippen LogP contribution in [0.5, 0.6) is 0 Å². The van der Waals surface area contributed by atoms with E-state index in [1.807, 2.05) is 18.4 Å². The lowest BCUT2D eigenvalue weighted by Gasteiger charge is -1.99. The molecule has 0 aliphatic rings. The topological polar surface area (TPSA) is 54.5 Å². The van der Waals surface area contributed by atoms with E-state index in [1.165, 1.54) is 0 Å². The van der Waals surface area contributed by atoms with Crippen LogP contribution in [0.15, 0.2) is 17.6 Å². The fourth-order valence-electron chi connectivity index (χ4n) is 1.51. The highest BCUT2D eigenvalue weighted by molar-refractivity contribution is 7.13. The molecular formula is C10H7ClN4S. The van der Waals surface area contributed by atoms with Crippen LogP contribution in [0.4, 0.5) is 0 Å². The number of thiophene rings is 1. The van der Waals surface area contributed by atoms with Crippen molar-refractivity contribution >= 4 is 34.0 Å². The average molecular weight is 251 g/mol. The minimum atomic E-state index is 0.383. The first-order valence-corrected chi connectivity index (χ1v) is 5.93. The van der Waals surface area contributed by atoms with Crippen LogP contribution < -0.4 is 0 Å². The molecule has 0 amide bonds. The Balaban J connectivity index is 2.29. The minimum Gasteiger partial charge on any atom is -0.283 e. The first kappa shape index (κ1) is 9.74. The van der Waals surface area contributed by atoms with Crippen LogP contribution in [0.3, 0.4) is 0 Å². The Kier molecular flexibility index (Phi) is 2.15. The van der Waals surface area contributed by atoms with Gasteiger partial charge in [-0.25, -0.2) is 9.97 Å². The van der Waals surface area contributed by atoms with E-state index in [2.05, 4.69) is 20.2 Å². The summed E-state index contributed by atoms with van der Waals surface area (Å²) in [5, 5.41) is 9.12. The van der Waals surface area contributed by atoms with E-state index in [1.54, 1.807) is 17.5 Å². The van der Waals surface area contributed by atoms with E-state index >= 15 is 0 Å². The van der Waals surface area contributed by atoms with Crippen LogP contribution in [0.1, 0.15) is 5.56 Å². The SMILES string of the molecule is Cc1ccsc1-c1nc(Cl)c2n[nH]cc2n1. The van der Waals surface area contributed by atoms with Gasteiger partial charge in [-0.1, -0.05) is 11.6 Å². The van der Waals surface area contributed by atoms with Gasteiger partial charge in [-0.05, 0) is 23.9 Å². The van der Waals surface area contributed by atoms with E-state index < -0.39 is 0 Å². The smallest absolute Gasteiger partial charge is 0.172 e. The quantitative estimate of drug-likeness (QED) is 0.676. The summed E-state index contributed by atoms with van der Waals surface area (Å²) in [6, 6.07) is 2.04. The third-order valence-corrected chi connectivity index (χ3v) is 3.59. The van der Waals surface area contributed by atoms with Gasteiger partial charge >= 0.3 is 0 Å². The summed E-state index contributed by atoms with van der Waals surface area (Å²) in [4.78, 5) is 9.73. The molecule has 0 radical (unpaired) electrons. The summed E-state index contributed by atoms with van der Waals surface area (Å²) in [5.74, 6) is 0.659. The molecule has 1 N–H and O–H groups in total. The molecule has 80 valence electrons. The van der Waals surface area contributed by atoms with Gasteiger partial charge in [-0.3, -0.25) is 5.10 Å². The molecular weight excluding hydrogens is 244 g/mol. The normalized spacial score (nSPS) is 11.1. The Morgan fingerprint density at radius 3 is 3.00 bits per heavy atom. The highest BCUT2D eigenvalue weighted by Gasteiger charge is 2.12. The molecule has 3 rings (SSSR count). The standard InChI is InChI=1S/C10H7ClN4S/c1-5-2-3-16-8(5)10-13-6-4-12-15-7(6)9(11)14-10/h2-4H,1H3,(H,12,15). The van der Waals surface area contributed by atoms with Crippen LogP contribution in [-0.2, 0) is 0 Å². The van der Waals surface area contributed by atoms with Crippen molar-refractivity contribution < 1.29 is 0 Å². The zero-order valence-corrected chi connectivity index (χ0v) is 9.93. The van der Waals surface area contributed by atoms with Gasteiger partial charge in [0.25, 0.3) is 0 Å². The summed E-state index contributed by atoms with van der Waals surface area (Å²) in [5.41, 5.74) is 2.51. The monoisotopic (exact) mass is 250 g/mol. The van der Waals surface area contributed by atoms with Crippen molar-refractivity contribution in [1.82, 2.24) is 20.2 Å². The van der Waals surface area contributed by atoms with Crippen molar-refractivity contribution in [3.05, 3.63) is 28.4 Å². The van der Waals surface area contributed by atoms with Gasteiger partial charge in [0, 0.05) is 6.20 Å². The molecule has 0 aliphatic heterocycles. The summed E-state index contributed by atoms with van der Waals surface area (Å²) in [7, 11) is 0. The van der Waals surface area contributed by atoms with Crippen LogP contribution in [-0.4, -0.2) is 20.2 Å². The Morgan fingerprint density at radius 2 is 2.25 bits per heavy atom. The number of fused-ring (bicyclic) bond motifs is 1. The lowest BCUT2D eigenvalue weighted by Crippen LogP contribution is -1.89. The lowest BCUT2D eigenvalue weighted by molar-refractivity contribution is 1.11. The zero-order chi connectivity index (χ0) is 11.1. The fraction of sp³-hybridized carbons (Fsp3) is 0.100. The van der Waals surface area contributed by atoms with Gasteiger partial charge in [0.15, 0.2) is 11.0 Å². The third-order valence-electron chi connectivity index (χ3n) is 2.31. The molecule has 0 atom stereocenters. The second kappa shape index (κ2) is 3.54. The predicted molar refractivity (Wildman–Crippen MR) is 64.7 cm³/mol. The zero-order valence-electron chi connectivity index (χ0n) is 8.36. The fourth-order valence-corrected chi connectivity index (χ4v) is 2.59. The summed E-state index contributed by atoms with van der Waals surface area (Å²) in [6.07, 6.45) is 1.72. The predicted octanol–water partition coefficient (Wildman–Crippen LogP) is 3.04. The van der Waals surface area contributed by atoms with Crippen LogP contribution in [0.2, 0.25) is 5.15 Å². The van der Waals surface area contributed by atoms with Gasteiger partial charge in [0.1, 0.15) is 11.0 Å². The van der Waals surface area contributed by atoms with E-state index in [0.29, 0.717) is 16.5 Å². The van der Waals surface area contributed by atoms with Gasteiger partial charge < -0.3 is 0 Å². The van der Waals surface area contributed by atoms with Crippen molar-refractivity contribution in [3.8, 4) is 10.7 Å². The van der Waals surface area contributed by atoms with Crippen molar-refractivity contribution in [1.29, 1.82) is 0 Å². The second-order valence-electron chi connectivity index (χ2n) is 3.39. The van der Waals surface area contributed by atoms with E-state index in [4.69, 9.17) is 11.6 Å². The Morgan fingerprint density at radius 1 is 1.38 bits per heavy atom. The van der Waals surface area contributed by atoms with Crippen molar-refractivity contribution in [2.75, 3.05) is 0 Å². The largest absolute Gasteiger partial charge is 0.283 e. The molecule has 16 heavy (non-hydrogen) atoms. The molecule has 0 aromatic carbocycles. The Bertz CT molecular complexity index is 658. The maximum Gasteiger partial charge on any atom is 0.172 e. The van der Waals surface area contributed by atoms with Crippen molar-refractivity contribution in [2.24, 2.45) is 0 Å². The van der Waals surface area contributed by atoms with Gasteiger partial charge in [0.2, 0.25) is 0 Å².